The fourth-order valence-electron chi connectivity index (χ4n) is 3.59. The molecule has 4 aromatic rings. The zero-order valence-electron chi connectivity index (χ0n) is 18.8. The van der Waals surface area contributed by atoms with Gasteiger partial charge in [0.1, 0.15) is 0 Å². The van der Waals surface area contributed by atoms with Crippen molar-refractivity contribution in [3.8, 4) is 11.3 Å². The van der Waals surface area contributed by atoms with Crippen molar-refractivity contribution in [2.45, 2.75) is 13.3 Å². The van der Waals surface area contributed by atoms with Crippen LogP contribution in [0.1, 0.15) is 21.5 Å². The Balaban J connectivity index is 1.41. The summed E-state index contributed by atoms with van der Waals surface area (Å²) in [6, 6.07) is 25.2. The van der Waals surface area contributed by atoms with Crippen molar-refractivity contribution in [3.63, 3.8) is 0 Å². The summed E-state index contributed by atoms with van der Waals surface area (Å²) in [5.41, 5.74) is 12.2. The number of hydrogen-bond donors (Lipinski definition) is 2. The smallest absolute Gasteiger partial charge is 0.253 e. The molecule has 0 unspecified atom stereocenters. The summed E-state index contributed by atoms with van der Waals surface area (Å²) < 4.78 is 0. The fourth-order valence-corrected chi connectivity index (χ4v) is 3.59. The Hall–Kier alpha value is -4.19. The van der Waals surface area contributed by atoms with E-state index in [0.29, 0.717) is 18.1 Å². The monoisotopic (exact) mass is 437 g/mol. The van der Waals surface area contributed by atoms with E-state index in [9.17, 15) is 4.79 Å². The van der Waals surface area contributed by atoms with Crippen molar-refractivity contribution in [1.29, 1.82) is 0 Å². The molecule has 6 heteroatoms. The molecular formula is C27H27N5O. The number of anilines is 3. The van der Waals surface area contributed by atoms with E-state index in [-0.39, 0.29) is 5.91 Å². The summed E-state index contributed by atoms with van der Waals surface area (Å²) >= 11 is 0. The highest BCUT2D eigenvalue weighted by Crippen LogP contribution is 2.26. The second-order valence-electron chi connectivity index (χ2n) is 7.95. The van der Waals surface area contributed by atoms with Gasteiger partial charge in [-0.1, -0.05) is 42.5 Å². The average molecular weight is 438 g/mol. The number of carbonyl (C=O) groups excluding carboxylic acids is 1. The van der Waals surface area contributed by atoms with Crippen molar-refractivity contribution in [1.82, 2.24) is 14.9 Å². The van der Waals surface area contributed by atoms with Crippen LogP contribution < -0.4 is 11.1 Å². The van der Waals surface area contributed by atoms with Crippen molar-refractivity contribution in [3.05, 3.63) is 102 Å². The van der Waals surface area contributed by atoms with Gasteiger partial charge < -0.3 is 16.0 Å². The minimum absolute atomic E-state index is 0.00660. The molecule has 0 bridgehead atoms. The SMILES string of the molecule is Cc1c(N)cccc1-c1ccnc(Nc2ccc(C(=O)N(C)CCc3ccccc3)cc2)n1. The van der Waals surface area contributed by atoms with E-state index < -0.39 is 0 Å². The number of carbonyl (C=O) groups is 1. The van der Waals surface area contributed by atoms with Crippen molar-refractivity contribution in [2.75, 3.05) is 24.6 Å². The molecule has 33 heavy (non-hydrogen) atoms. The number of nitrogens with two attached hydrogens (primary N) is 1. The Bertz CT molecular complexity index is 1240. The number of nitrogens with one attached hydrogen (secondary N) is 1. The second kappa shape index (κ2) is 9.96. The van der Waals surface area contributed by atoms with E-state index in [0.717, 1.165) is 34.6 Å². The lowest BCUT2D eigenvalue weighted by molar-refractivity contribution is 0.0796. The summed E-state index contributed by atoms with van der Waals surface area (Å²) in [4.78, 5) is 23.5. The Morgan fingerprint density at radius 3 is 2.48 bits per heavy atom. The number of nitrogens with zero attached hydrogens (tertiary/aromatic N) is 3. The Labute approximate surface area is 194 Å². The summed E-state index contributed by atoms with van der Waals surface area (Å²) in [6.45, 7) is 2.64. The van der Waals surface area contributed by atoms with E-state index in [1.807, 2.05) is 80.7 Å². The van der Waals surface area contributed by atoms with Crippen LogP contribution in [0.4, 0.5) is 17.3 Å². The van der Waals surface area contributed by atoms with Crippen LogP contribution >= 0.6 is 0 Å². The lowest BCUT2D eigenvalue weighted by atomic mass is 10.0. The summed E-state index contributed by atoms with van der Waals surface area (Å²) in [5.74, 6) is 0.473. The van der Waals surface area contributed by atoms with Gasteiger partial charge in [-0.15, -0.1) is 0 Å². The Kier molecular flexibility index (Phi) is 6.64. The topological polar surface area (TPSA) is 84.1 Å². The molecule has 1 aromatic heterocycles. The molecule has 0 aliphatic heterocycles. The van der Waals surface area contributed by atoms with Gasteiger partial charge in [0.05, 0.1) is 5.69 Å². The Morgan fingerprint density at radius 1 is 0.970 bits per heavy atom. The van der Waals surface area contributed by atoms with Gasteiger partial charge in [-0.05, 0) is 60.9 Å². The van der Waals surface area contributed by atoms with Crippen LogP contribution in [0.25, 0.3) is 11.3 Å². The van der Waals surface area contributed by atoms with Crippen LogP contribution in [0.15, 0.2) is 85.1 Å². The molecule has 0 spiro atoms. The van der Waals surface area contributed by atoms with Crippen LogP contribution in [-0.4, -0.2) is 34.4 Å². The quantitative estimate of drug-likeness (QED) is 0.393. The number of amides is 1. The van der Waals surface area contributed by atoms with E-state index in [1.54, 1.807) is 11.1 Å². The summed E-state index contributed by atoms with van der Waals surface area (Å²) in [6.07, 6.45) is 2.54. The van der Waals surface area contributed by atoms with Crippen LogP contribution in [-0.2, 0) is 6.42 Å². The highest BCUT2D eigenvalue weighted by atomic mass is 16.2. The van der Waals surface area contributed by atoms with Gasteiger partial charge >= 0.3 is 0 Å². The predicted molar refractivity (Wildman–Crippen MR) is 133 cm³/mol. The largest absolute Gasteiger partial charge is 0.398 e. The second-order valence-corrected chi connectivity index (χ2v) is 7.95. The molecule has 6 nitrogen and oxygen atoms in total. The normalized spacial score (nSPS) is 10.6. The Morgan fingerprint density at radius 2 is 1.73 bits per heavy atom. The maximum Gasteiger partial charge on any atom is 0.253 e. The van der Waals surface area contributed by atoms with Gasteiger partial charge in [0.2, 0.25) is 5.95 Å². The minimum atomic E-state index is -0.00660. The number of hydrogen-bond acceptors (Lipinski definition) is 5. The average Bonchev–Trinajstić information content (AvgIpc) is 2.85. The third-order valence-electron chi connectivity index (χ3n) is 5.62. The number of nitrogen functional groups attached to an aromatic ring is 1. The molecule has 4 rings (SSSR count). The first-order valence-electron chi connectivity index (χ1n) is 10.9. The van der Waals surface area contributed by atoms with E-state index in [1.165, 1.54) is 5.56 Å². The number of rotatable bonds is 7. The highest BCUT2D eigenvalue weighted by Gasteiger charge is 2.12. The third-order valence-corrected chi connectivity index (χ3v) is 5.62. The van der Waals surface area contributed by atoms with Crippen molar-refractivity contribution >= 4 is 23.2 Å². The maximum absolute atomic E-state index is 12.8. The predicted octanol–water partition coefficient (Wildman–Crippen LogP) is 5.09. The van der Waals surface area contributed by atoms with Crippen LogP contribution in [0.5, 0.6) is 0 Å². The van der Waals surface area contributed by atoms with Gasteiger partial charge in [-0.2, -0.15) is 0 Å². The molecule has 3 N–H and O–H groups in total. The zero-order valence-corrected chi connectivity index (χ0v) is 18.8. The van der Waals surface area contributed by atoms with E-state index >= 15 is 0 Å². The number of likely N-dealkylation sites (N-methyl/N-ethyl adjacent to an activating group) is 1. The molecule has 166 valence electrons. The molecule has 0 aliphatic carbocycles. The van der Waals surface area contributed by atoms with Crippen LogP contribution in [0, 0.1) is 6.92 Å². The van der Waals surface area contributed by atoms with Crippen molar-refractivity contribution < 1.29 is 4.79 Å². The van der Waals surface area contributed by atoms with Gasteiger partial charge in [0.25, 0.3) is 5.91 Å². The number of benzene rings is 3. The van der Waals surface area contributed by atoms with Gasteiger partial charge in [-0.3, -0.25) is 4.79 Å². The third kappa shape index (κ3) is 5.36. The number of aromatic nitrogens is 2. The lowest BCUT2D eigenvalue weighted by Crippen LogP contribution is -2.28. The van der Waals surface area contributed by atoms with Crippen molar-refractivity contribution in [2.24, 2.45) is 0 Å². The molecule has 0 atom stereocenters. The van der Waals surface area contributed by atoms with Crippen LogP contribution in [0.2, 0.25) is 0 Å². The zero-order chi connectivity index (χ0) is 23.2. The molecular weight excluding hydrogens is 410 g/mol. The van der Waals surface area contributed by atoms with Gasteiger partial charge in [0.15, 0.2) is 0 Å². The molecule has 3 aromatic carbocycles. The molecule has 1 amide bonds. The standard InChI is InChI=1S/C27H27N5O/c1-19-23(9-6-10-24(19)28)25-15-17-29-27(31-25)30-22-13-11-21(12-14-22)26(33)32(2)18-16-20-7-4-3-5-8-20/h3-15,17H,16,18,28H2,1-2H3,(H,29,30,31). The minimum Gasteiger partial charge on any atom is -0.398 e. The molecule has 0 radical (unpaired) electrons. The fraction of sp³-hybridized carbons (Fsp3) is 0.148. The first-order chi connectivity index (χ1) is 16.0. The molecule has 0 saturated carbocycles. The van der Waals surface area contributed by atoms with Crippen LogP contribution in [0.3, 0.4) is 0 Å². The summed E-state index contributed by atoms with van der Waals surface area (Å²) in [7, 11) is 1.83. The summed E-state index contributed by atoms with van der Waals surface area (Å²) in [5, 5.41) is 3.21. The lowest BCUT2D eigenvalue weighted by Gasteiger charge is -2.17. The van der Waals surface area contributed by atoms with Gasteiger partial charge in [0, 0.05) is 42.3 Å². The first kappa shape index (κ1) is 22.0. The molecule has 0 fully saturated rings. The molecule has 0 aliphatic rings. The van der Waals surface area contributed by atoms with E-state index in [4.69, 9.17) is 5.73 Å². The first-order valence-corrected chi connectivity index (χ1v) is 10.9. The highest BCUT2D eigenvalue weighted by molar-refractivity contribution is 5.94. The molecule has 1 heterocycles. The van der Waals surface area contributed by atoms with E-state index in [2.05, 4.69) is 27.4 Å². The maximum atomic E-state index is 12.8. The van der Waals surface area contributed by atoms with Gasteiger partial charge in [-0.25, -0.2) is 9.97 Å². The molecule has 0 saturated heterocycles.